The normalized spacial score (nSPS) is 23.9. The van der Waals surface area contributed by atoms with Crippen LogP contribution in [0.5, 0.6) is 0 Å². The minimum Gasteiger partial charge on any atom is -0.358 e. The van der Waals surface area contributed by atoms with Crippen molar-refractivity contribution in [1.82, 2.24) is 4.98 Å². The Hall–Kier alpha value is -1.09. The third-order valence-corrected chi connectivity index (χ3v) is 5.25. The van der Waals surface area contributed by atoms with Crippen molar-refractivity contribution in [3.63, 3.8) is 0 Å². The van der Waals surface area contributed by atoms with Gasteiger partial charge in [0.1, 0.15) is 0 Å². The fraction of sp³-hybridized carbons (Fsp3) is 0.562. The number of benzene rings is 1. The largest absolute Gasteiger partial charge is 0.358 e. The average molecular weight is 274 g/mol. The van der Waals surface area contributed by atoms with Crippen LogP contribution in [-0.4, -0.2) is 11.0 Å². The molecule has 0 amide bonds. The van der Waals surface area contributed by atoms with Gasteiger partial charge in [-0.1, -0.05) is 50.2 Å². The molecule has 2 aromatic rings. The lowest BCUT2D eigenvalue weighted by Gasteiger charge is -2.34. The van der Waals surface area contributed by atoms with Gasteiger partial charge in [0.2, 0.25) is 0 Å². The highest BCUT2D eigenvalue weighted by Gasteiger charge is 2.27. The molecule has 2 nitrogen and oxygen atoms in total. The van der Waals surface area contributed by atoms with Crippen LogP contribution in [0.2, 0.25) is 0 Å². The SMILES string of the molecule is CC(C)C1CCCCC1Nc1nc2ccccc2s1. The predicted molar refractivity (Wildman–Crippen MR) is 83.8 cm³/mol. The summed E-state index contributed by atoms with van der Waals surface area (Å²) in [6, 6.07) is 9.00. The first-order valence-corrected chi connectivity index (χ1v) is 8.18. The summed E-state index contributed by atoms with van der Waals surface area (Å²) < 4.78 is 1.28. The minimum absolute atomic E-state index is 0.606. The second kappa shape index (κ2) is 5.49. The number of aromatic nitrogens is 1. The zero-order valence-electron chi connectivity index (χ0n) is 11.7. The summed E-state index contributed by atoms with van der Waals surface area (Å²) in [4.78, 5) is 4.71. The van der Waals surface area contributed by atoms with Crippen LogP contribution in [0.3, 0.4) is 0 Å². The first-order chi connectivity index (χ1) is 9.24. The molecule has 2 unspecified atom stereocenters. The third kappa shape index (κ3) is 2.76. The summed E-state index contributed by atoms with van der Waals surface area (Å²) in [6.45, 7) is 4.70. The van der Waals surface area contributed by atoms with Crippen molar-refractivity contribution in [2.24, 2.45) is 11.8 Å². The maximum absolute atomic E-state index is 4.71. The fourth-order valence-corrected chi connectivity index (χ4v) is 4.16. The van der Waals surface area contributed by atoms with E-state index in [9.17, 15) is 0 Å². The van der Waals surface area contributed by atoms with Crippen LogP contribution in [0.1, 0.15) is 39.5 Å². The van der Waals surface area contributed by atoms with Crippen LogP contribution in [0.25, 0.3) is 10.2 Å². The molecule has 0 aliphatic heterocycles. The molecule has 0 bridgehead atoms. The molecule has 19 heavy (non-hydrogen) atoms. The Kier molecular flexibility index (Phi) is 3.74. The van der Waals surface area contributed by atoms with Crippen molar-refractivity contribution in [2.75, 3.05) is 5.32 Å². The lowest BCUT2D eigenvalue weighted by Crippen LogP contribution is -2.35. The first kappa shape index (κ1) is 12.9. The van der Waals surface area contributed by atoms with E-state index in [0.29, 0.717) is 6.04 Å². The molecule has 1 aliphatic rings. The van der Waals surface area contributed by atoms with Crippen molar-refractivity contribution >= 4 is 26.7 Å². The summed E-state index contributed by atoms with van der Waals surface area (Å²) in [5.74, 6) is 1.55. The maximum Gasteiger partial charge on any atom is 0.184 e. The highest BCUT2D eigenvalue weighted by Crippen LogP contribution is 2.34. The molecule has 1 aliphatic carbocycles. The number of thiazole rings is 1. The molecule has 3 rings (SSSR count). The van der Waals surface area contributed by atoms with E-state index in [1.807, 2.05) is 0 Å². The molecule has 1 aromatic heterocycles. The molecule has 2 atom stereocenters. The van der Waals surface area contributed by atoms with Crippen molar-refractivity contribution in [2.45, 2.75) is 45.6 Å². The summed E-state index contributed by atoms with van der Waals surface area (Å²) in [5.41, 5.74) is 1.12. The van der Waals surface area contributed by atoms with E-state index in [4.69, 9.17) is 4.98 Å². The molecule has 3 heteroatoms. The lowest BCUT2D eigenvalue weighted by molar-refractivity contribution is 0.254. The molecule has 0 spiro atoms. The molecule has 1 N–H and O–H groups in total. The van der Waals surface area contributed by atoms with Gasteiger partial charge in [-0.15, -0.1) is 0 Å². The van der Waals surface area contributed by atoms with Crippen LogP contribution in [-0.2, 0) is 0 Å². The quantitative estimate of drug-likeness (QED) is 0.859. The molecule has 1 saturated carbocycles. The first-order valence-electron chi connectivity index (χ1n) is 7.36. The number of rotatable bonds is 3. The third-order valence-electron chi connectivity index (χ3n) is 4.28. The number of hydrogen-bond donors (Lipinski definition) is 1. The summed E-state index contributed by atoms with van der Waals surface area (Å²) in [7, 11) is 0. The smallest absolute Gasteiger partial charge is 0.184 e. The van der Waals surface area contributed by atoms with E-state index in [1.54, 1.807) is 11.3 Å². The highest BCUT2D eigenvalue weighted by atomic mass is 32.1. The van der Waals surface area contributed by atoms with E-state index in [-0.39, 0.29) is 0 Å². The molecule has 0 saturated heterocycles. The van der Waals surface area contributed by atoms with Gasteiger partial charge in [0.25, 0.3) is 0 Å². The highest BCUT2D eigenvalue weighted by molar-refractivity contribution is 7.22. The Morgan fingerprint density at radius 2 is 2.00 bits per heavy atom. The molecular formula is C16H22N2S. The van der Waals surface area contributed by atoms with Crippen LogP contribution < -0.4 is 5.32 Å². The zero-order chi connectivity index (χ0) is 13.2. The molecule has 102 valence electrons. The van der Waals surface area contributed by atoms with Gasteiger partial charge in [0, 0.05) is 6.04 Å². The number of nitrogens with zero attached hydrogens (tertiary/aromatic N) is 1. The second-order valence-corrected chi connectivity index (χ2v) is 6.96. The Morgan fingerprint density at radius 3 is 2.79 bits per heavy atom. The standard InChI is InChI=1S/C16H22N2S/c1-11(2)12-7-3-4-8-13(12)17-16-18-14-9-5-6-10-15(14)19-16/h5-6,9-13H,3-4,7-8H2,1-2H3,(H,17,18). The predicted octanol–water partition coefficient (Wildman–Crippen LogP) is 4.92. The van der Waals surface area contributed by atoms with E-state index in [0.717, 1.165) is 22.5 Å². The molecule has 1 fully saturated rings. The Balaban J connectivity index is 1.79. The van der Waals surface area contributed by atoms with Gasteiger partial charge in [-0.3, -0.25) is 0 Å². The van der Waals surface area contributed by atoms with Crippen molar-refractivity contribution in [3.8, 4) is 0 Å². The average Bonchev–Trinajstić information content (AvgIpc) is 2.81. The van der Waals surface area contributed by atoms with E-state index >= 15 is 0 Å². The minimum atomic E-state index is 0.606. The fourth-order valence-electron chi connectivity index (χ4n) is 3.23. The number of fused-ring (bicyclic) bond motifs is 1. The summed E-state index contributed by atoms with van der Waals surface area (Å²) in [6.07, 6.45) is 5.39. The zero-order valence-corrected chi connectivity index (χ0v) is 12.5. The Bertz CT molecular complexity index is 513. The van der Waals surface area contributed by atoms with E-state index in [1.165, 1.54) is 30.4 Å². The molecule has 1 heterocycles. The monoisotopic (exact) mass is 274 g/mol. The maximum atomic E-state index is 4.71. The topological polar surface area (TPSA) is 24.9 Å². The van der Waals surface area contributed by atoms with Gasteiger partial charge in [-0.25, -0.2) is 4.98 Å². The van der Waals surface area contributed by atoms with E-state index in [2.05, 4.69) is 43.4 Å². The van der Waals surface area contributed by atoms with Gasteiger partial charge in [-0.2, -0.15) is 0 Å². The van der Waals surface area contributed by atoms with Gasteiger partial charge < -0.3 is 5.32 Å². The molecule has 1 aromatic carbocycles. The second-order valence-electron chi connectivity index (χ2n) is 5.93. The van der Waals surface area contributed by atoms with Crippen LogP contribution in [0, 0.1) is 11.8 Å². The molecular weight excluding hydrogens is 252 g/mol. The Morgan fingerprint density at radius 1 is 1.21 bits per heavy atom. The van der Waals surface area contributed by atoms with Crippen LogP contribution in [0.4, 0.5) is 5.13 Å². The Labute approximate surface area is 119 Å². The van der Waals surface area contributed by atoms with Gasteiger partial charge >= 0.3 is 0 Å². The van der Waals surface area contributed by atoms with Crippen molar-refractivity contribution < 1.29 is 0 Å². The lowest BCUT2D eigenvalue weighted by atomic mass is 9.78. The van der Waals surface area contributed by atoms with E-state index < -0.39 is 0 Å². The summed E-state index contributed by atoms with van der Waals surface area (Å²) in [5, 5.41) is 4.81. The number of anilines is 1. The van der Waals surface area contributed by atoms with Crippen LogP contribution in [0.15, 0.2) is 24.3 Å². The van der Waals surface area contributed by atoms with Gasteiger partial charge in [0.05, 0.1) is 10.2 Å². The number of nitrogens with one attached hydrogen (secondary N) is 1. The number of para-hydroxylation sites is 1. The van der Waals surface area contributed by atoms with Crippen molar-refractivity contribution in [1.29, 1.82) is 0 Å². The number of hydrogen-bond acceptors (Lipinski definition) is 3. The van der Waals surface area contributed by atoms with Gasteiger partial charge in [-0.05, 0) is 36.8 Å². The van der Waals surface area contributed by atoms with Gasteiger partial charge in [0.15, 0.2) is 5.13 Å². The molecule has 0 radical (unpaired) electrons. The summed E-state index contributed by atoms with van der Waals surface area (Å²) >= 11 is 1.78. The van der Waals surface area contributed by atoms with Crippen molar-refractivity contribution in [3.05, 3.63) is 24.3 Å². The van der Waals surface area contributed by atoms with Crippen LogP contribution >= 0.6 is 11.3 Å².